The molecule has 6 heteroatoms. The van der Waals surface area contributed by atoms with Crippen LogP contribution in [0.5, 0.6) is 0 Å². The zero-order valence-corrected chi connectivity index (χ0v) is 12.8. The van der Waals surface area contributed by atoms with E-state index in [4.69, 9.17) is 10.5 Å². The first-order chi connectivity index (χ1) is 9.65. The Morgan fingerprint density at radius 3 is 3.10 bits per heavy atom. The summed E-state index contributed by atoms with van der Waals surface area (Å²) in [6.45, 7) is 6.13. The van der Waals surface area contributed by atoms with Gasteiger partial charge in [0.15, 0.2) is 0 Å². The maximum atomic E-state index is 12.1. The number of rotatable bonds is 4. The molecule has 0 aliphatic carbocycles. The molecule has 2 heterocycles. The number of nitrogens with zero attached hydrogens (tertiary/aromatic N) is 2. The van der Waals surface area contributed by atoms with Crippen LogP contribution < -0.4 is 10.6 Å². The van der Waals surface area contributed by atoms with Crippen molar-refractivity contribution in [2.24, 2.45) is 0 Å². The number of thioether (sulfide) groups is 1. The summed E-state index contributed by atoms with van der Waals surface area (Å²) in [5.41, 5.74) is 6.70. The number of ether oxygens (including phenoxy) is 1. The molecule has 2 rings (SSSR count). The van der Waals surface area contributed by atoms with Gasteiger partial charge in [0.2, 0.25) is 0 Å². The Labute approximate surface area is 123 Å². The van der Waals surface area contributed by atoms with Gasteiger partial charge in [-0.05, 0) is 19.4 Å². The predicted octanol–water partition coefficient (Wildman–Crippen LogP) is 2.17. The number of carbonyl (C=O) groups excluding carboxylic acids is 1. The van der Waals surface area contributed by atoms with Crippen LogP contribution in [0.2, 0.25) is 0 Å². The fourth-order valence-electron chi connectivity index (χ4n) is 2.24. The number of hydrogen-bond acceptors (Lipinski definition) is 6. The van der Waals surface area contributed by atoms with Crippen molar-refractivity contribution in [3.63, 3.8) is 0 Å². The van der Waals surface area contributed by atoms with Gasteiger partial charge in [0, 0.05) is 24.1 Å². The molecule has 110 valence electrons. The van der Waals surface area contributed by atoms with Crippen LogP contribution in [-0.2, 0) is 4.74 Å². The van der Waals surface area contributed by atoms with E-state index in [1.807, 2.05) is 11.8 Å². The molecule has 0 radical (unpaired) electrons. The highest BCUT2D eigenvalue weighted by Crippen LogP contribution is 2.28. The van der Waals surface area contributed by atoms with Crippen molar-refractivity contribution in [2.75, 3.05) is 36.1 Å². The van der Waals surface area contributed by atoms with E-state index in [1.54, 1.807) is 19.2 Å². The summed E-state index contributed by atoms with van der Waals surface area (Å²) >= 11 is 1.98. The zero-order valence-electron chi connectivity index (χ0n) is 12.0. The van der Waals surface area contributed by atoms with Gasteiger partial charge in [-0.2, -0.15) is 11.8 Å². The van der Waals surface area contributed by atoms with E-state index in [2.05, 4.69) is 16.8 Å². The molecular weight excluding hydrogens is 274 g/mol. The highest BCUT2D eigenvalue weighted by Gasteiger charge is 2.25. The molecule has 1 fully saturated rings. The number of anilines is 2. The predicted molar refractivity (Wildman–Crippen MR) is 83.4 cm³/mol. The standard InChI is InChI=1S/C14H21N3O2S/c1-3-11-9-17(5-6-20-11)13-12(14(18)19-4-2)7-10(15)8-16-13/h7-8,11H,3-6,9,15H2,1-2H3. The molecule has 5 nitrogen and oxygen atoms in total. The van der Waals surface area contributed by atoms with Crippen molar-refractivity contribution in [3.05, 3.63) is 17.8 Å². The quantitative estimate of drug-likeness (QED) is 0.859. The number of nitrogen functional groups attached to an aromatic ring is 1. The van der Waals surface area contributed by atoms with Gasteiger partial charge in [-0.1, -0.05) is 6.92 Å². The summed E-state index contributed by atoms with van der Waals surface area (Å²) in [6, 6.07) is 1.66. The van der Waals surface area contributed by atoms with Crippen LogP contribution >= 0.6 is 11.8 Å². The SMILES string of the molecule is CCOC(=O)c1cc(N)cnc1N1CCSC(CC)C1. The van der Waals surface area contributed by atoms with Crippen molar-refractivity contribution >= 4 is 29.2 Å². The van der Waals surface area contributed by atoms with E-state index in [0.717, 1.165) is 25.3 Å². The number of nitrogens with two attached hydrogens (primary N) is 1. The first-order valence-electron chi connectivity index (χ1n) is 6.94. The normalized spacial score (nSPS) is 18.9. The number of carbonyl (C=O) groups is 1. The van der Waals surface area contributed by atoms with E-state index in [9.17, 15) is 4.79 Å². The molecule has 1 atom stereocenters. The minimum atomic E-state index is -0.353. The fraction of sp³-hybridized carbons (Fsp3) is 0.571. The van der Waals surface area contributed by atoms with Gasteiger partial charge < -0.3 is 15.4 Å². The third-order valence-corrected chi connectivity index (χ3v) is 4.65. The minimum Gasteiger partial charge on any atom is -0.462 e. The van der Waals surface area contributed by atoms with E-state index in [1.165, 1.54) is 0 Å². The van der Waals surface area contributed by atoms with Crippen molar-refractivity contribution in [1.29, 1.82) is 0 Å². The molecule has 1 unspecified atom stereocenters. The molecule has 1 aromatic rings. The second-order valence-corrected chi connectivity index (χ2v) is 6.12. The van der Waals surface area contributed by atoms with Gasteiger partial charge in [0.05, 0.1) is 18.5 Å². The molecule has 0 saturated carbocycles. The van der Waals surface area contributed by atoms with Crippen molar-refractivity contribution in [3.8, 4) is 0 Å². The van der Waals surface area contributed by atoms with E-state index < -0.39 is 0 Å². The summed E-state index contributed by atoms with van der Waals surface area (Å²) in [6.07, 6.45) is 2.71. The van der Waals surface area contributed by atoms with Gasteiger partial charge in [-0.15, -0.1) is 0 Å². The van der Waals surface area contributed by atoms with Gasteiger partial charge in [-0.25, -0.2) is 9.78 Å². The fourth-order valence-corrected chi connectivity index (χ4v) is 3.42. The molecule has 0 amide bonds. The molecular formula is C14H21N3O2S. The summed E-state index contributed by atoms with van der Waals surface area (Å²) in [7, 11) is 0. The second kappa shape index (κ2) is 6.83. The van der Waals surface area contributed by atoms with Gasteiger partial charge in [0.1, 0.15) is 11.4 Å². The van der Waals surface area contributed by atoms with E-state index in [0.29, 0.717) is 28.9 Å². The molecule has 1 aliphatic rings. The number of pyridine rings is 1. The number of hydrogen-bond donors (Lipinski definition) is 1. The first-order valence-corrected chi connectivity index (χ1v) is 7.99. The van der Waals surface area contributed by atoms with Gasteiger partial charge in [-0.3, -0.25) is 0 Å². The Morgan fingerprint density at radius 2 is 2.40 bits per heavy atom. The largest absolute Gasteiger partial charge is 0.462 e. The highest BCUT2D eigenvalue weighted by molar-refractivity contribution is 8.00. The van der Waals surface area contributed by atoms with Crippen LogP contribution in [0.15, 0.2) is 12.3 Å². The molecule has 2 N–H and O–H groups in total. The van der Waals surface area contributed by atoms with Crippen LogP contribution in [0.3, 0.4) is 0 Å². The van der Waals surface area contributed by atoms with Crippen LogP contribution in [-0.4, -0.2) is 41.7 Å². The molecule has 20 heavy (non-hydrogen) atoms. The third kappa shape index (κ3) is 3.36. The van der Waals surface area contributed by atoms with E-state index >= 15 is 0 Å². The van der Waals surface area contributed by atoms with Crippen LogP contribution in [0.4, 0.5) is 11.5 Å². The summed E-state index contributed by atoms with van der Waals surface area (Å²) in [4.78, 5) is 18.6. The first kappa shape index (κ1) is 15.0. The van der Waals surface area contributed by atoms with Gasteiger partial charge in [0.25, 0.3) is 0 Å². The maximum Gasteiger partial charge on any atom is 0.341 e. The lowest BCUT2D eigenvalue weighted by molar-refractivity contribution is 0.0526. The van der Waals surface area contributed by atoms with Crippen LogP contribution in [0, 0.1) is 0 Å². The Hall–Kier alpha value is -1.43. The van der Waals surface area contributed by atoms with Crippen molar-refractivity contribution in [2.45, 2.75) is 25.5 Å². The minimum absolute atomic E-state index is 0.348. The summed E-state index contributed by atoms with van der Waals surface area (Å²) in [5.74, 6) is 1.39. The van der Waals surface area contributed by atoms with Crippen molar-refractivity contribution in [1.82, 2.24) is 4.98 Å². The van der Waals surface area contributed by atoms with E-state index in [-0.39, 0.29) is 5.97 Å². The Balaban J connectivity index is 2.28. The smallest absolute Gasteiger partial charge is 0.341 e. The second-order valence-electron chi connectivity index (χ2n) is 4.71. The Bertz CT molecular complexity index is 481. The maximum absolute atomic E-state index is 12.1. The third-order valence-electron chi connectivity index (χ3n) is 3.28. The molecule has 0 spiro atoms. The average Bonchev–Trinajstić information content (AvgIpc) is 2.47. The zero-order chi connectivity index (χ0) is 14.5. The van der Waals surface area contributed by atoms with Crippen LogP contribution in [0.1, 0.15) is 30.6 Å². The summed E-state index contributed by atoms with van der Waals surface area (Å²) in [5, 5.41) is 0.582. The summed E-state index contributed by atoms with van der Waals surface area (Å²) < 4.78 is 5.10. The number of aromatic nitrogens is 1. The molecule has 0 aromatic carbocycles. The number of esters is 1. The lowest BCUT2D eigenvalue weighted by Crippen LogP contribution is -2.39. The molecule has 1 saturated heterocycles. The van der Waals surface area contributed by atoms with Crippen molar-refractivity contribution < 1.29 is 9.53 Å². The van der Waals surface area contributed by atoms with Crippen LogP contribution in [0.25, 0.3) is 0 Å². The van der Waals surface area contributed by atoms with Gasteiger partial charge >= 0.3 is 5.97 Å². The lowest BCUT2D eigenvalue weighted by atomic mass is 10.2. The molecule has 1 aromatic heterocycles. The molecule has 0 bridgehead atoms. The monoisotopic (exact) mass is 295 g/mol. The topological polar surface area (TPSA) is 68.5 Å². The molecule has 1 aliphatic heterocycles. The Kier molecular flexibility index (Phi) is 5.11. The average molecular weight is 295 g/mol. The lowest BCUT2D eigenvalue weighted by Gasteiger charge is -2.33. The highest BCUT2D eigenvalue weighted by atomic mass is 32.2. The Morgan fingerprint density at radius 1 is 1.60 bits per heavy atom.